The molecule has 206 valence electrons. The molecule has 0 spiro atoms. The highest BCUT2D eigenvalue weighted by Crippen LogP contribution is 2.28. The molecule has 1 heterocycles. The number of pyridine rings is 1. The lowest BCUT2D eigenvalue weighted by atomic mass is 10.1. The first-order valence-electron chi connectivity index (χ1n) is 12.2. The molecule has 3 aromatic carbocycles. The van der Waals surface area contributed by atoms with Crippen LogP contribution in [0.15, 0.2) is 102 Å². The highest BCUT2D eigenvalue weighted by atomic mass is 35.5. The van der Waals surface area contributed by atoms with Crippen LogP contribution in [-0.2, 0) is 34.2 Å². The molecule has 0 saturated carbocycles. The Labute approximate surface area is 237 Å². The molecule has 4 aromatic rings. The van der Waals surface area contributed by atoms with Crippen LogP contribution in [0.1, 0.15) is 27.0 Å². The van der Waals surface area contributed by atoms with E-state index in [-0.39, 0.29) is 23.8 Å². The number of rotatable bonds is 12. The quantitative estimate of drug-likeness (QED) is 0.230. The van der Waals surface area contributed by atoms with Gasteiger partial charge in [-0.05, 0) is 60.0 Å². The van der Waals surface area contributed by atoms with Crippen molar-refractivity contribution in [3.63, 3.8) is 0 Å². The highest BCUT2D eigenvalue weighted by Gasteiger charge is 2.17. The molecular weight excluding hydrogens is 554 g/mol. The van der Waals surface area contributed by atoms with Crippen LogP contribution in [0.25, 0.3) is 0 Å². The Hall–Kier alpha value is -4.25. The summed E-state index contributed by atoms with van der Waals surface area (Å²) >= 11 is 6.22. The normalized spacial score (nSPS) is 11.1. The van der Waals surface area contributed by atoms with Crippen LogP contribution in [0, 0.1) is 0 Å². The number of nitrogens with zero attached hydrogens (tertiary/aromatic N) is 2. The van der Waals surface area contributed by atoms with Gasteiger partial charge in [-0.1, -0.05) is 42.5 Å². The first-order valence-corrected chi connectivity index (χ1v) is 14.1. The number of aromatic nitrogens is 1. The molecule has 40 heavy (non-hydrogen) atoms. The predicted molar refractivity (Wildman–Crippen MR) is 150 cm³/mol. The fourth-order valence-electron chi connectivity index (χ4n) is 3.82. The lowest BCUT2D eigenvalue weighted by molar-refractivity contribution is -0.136. The van der Waals surface area contributed by atoms with Crippen molar-refractivity contribution in [1.82, 2.24) is 14.1 Å². The van der Waals surface area contributed by atoms with E-state index in [0.717, 1.165) is 9.98 Å². The van der Waals surface area contributed by atoms with E-state index in [1.54, 1.807) is 42.5 Å². The summed E-state index contributed by atoms with van der Waals surface area (Å²) in [4.78, 5) is 27.8. The summed E-state index contributed by atoms with van der Waals surface area (Å²) < 4.78 is 35.0. The maximum Gasteiger partial charge on any atom is 0.307 e. The van der Waals surface area contributed by atoms with E-state index in [2.05, 4.69) is 9.71 Å². The van der Waals surface area contributed by atoms with Gasteiger partial charge in [-0.2, -0.15) is 0 Å². The van der Waals surface area contributed by atoms with Gasteiger partial charge in [0.1, 0.15) is 16.4 Å². The highest BCUT2D eigenvalue weighted by molar-refractivity contribution is 7.89. The number of ether oxygens (including phenoxy) is 1. The first kappa shape index (κ1) is 28.8. The minimum absolute atomic E-state index is 0.00322. The van der Waals surface area contributed by atoms with Crippen molar-refractivity contribution in [2.45, 2.75) is 24.3 Å². The fraction of sp³-hybridized carbons (Fsp3) is 0.138. The standard InChI is InChI=1S/C29H26ClN3O6S/c30-33(16-14-21-5-2-1-3-6-21)29(36)23-9-11-25(12-10-23)39-27-13-8-22(18-28(34)35)17-24(27)19-32-40(37,38)26-7-4-15-31-20-26/h1-13,15,17,20,32H,14,16,18-19H2,(H,34,35). The van der Waals surface area contributed by atoms with Crippen LogP contribution in [0.4, 0.5) is 0 Å². The van der Waals surface area contributed by atoms with E-state index in [4.69, 9.17) is 16.5 Å². The zero-order chi connectivity index (χ0) is 28.5. The summed E-state index contributed by atoms with van der Waals surface area (Å²) in [7, 11) is -3.87. The third kappa shape index (κ3) is 7.89. The van der Waals surface area contributed by atoms with Gasteiger partial charge in [0.25, 0.3) is 5.91 Å². The van der Waals surface area contributed by atoms with Gasteiger partial charge in [0.15, 0.2) is 0 Å². The van der Waals surface area contributed by atoms with Crippen molar-refractivity contribution < 1.29 is 27.9 Å². The smallest absolute Gasteiger partial charge is 0.307 e. The lowest BCUT2D eigenvalue weighted by Crippen LogP contribution is -2.24. The van der Waals surface area contributed by atoms with Gasteiger partial charge in [0.05, 0.1) is 6.42 Å². The maximum atomic E-state index is 12.7. The largest absolute Gasteiger partial charge is 0.481 e. The molecule has 0 aliphatic heterocycles. The number of benzene rings is 3. The molecule has 0 radical (unpaired) electrons. The van der Waals surface area contributed by atoms with Crippen molar-refractivity contribution in [2.24, 2.45) is 0 Å². The van der Waals surface area contributed by atoms with E-state index >= 15 is 0 Å². The minimum atomic E-state index is -3.87. The first-order chi connectivity index (χ1) is 19.2. The van der Waals surface area contributed by atoms with E-state index in [1.165, 1.54) is 24.5 Å². The summed E-state index contributed by atoms with van der Waals surface area (Å²) in [5.41, 5.74) is 2.35. The Morgan fingerprint density at radius 2 is 1.70 bits per heavy atom. The molecule has 0 unspecified atom stereocenters. The van der Waals surface area contributed by atoms with Crippen LogP contribution >= 0.6 is 11.8 Å². The van der Waals surface area contributed by atoms with Gasteiger partial charge in [-0.25, -0.2) is 13.1 Å². The van der Waals surface area contributed by atoms with Crippen LogP contribution in [0.2, 0.25) is 0 Å². The summed E-state index contributed by atoms with van der Waals surface area (Å²) in [5.74, 6) is -0.658. The molecule has 0 aliphatic carbocycles. The number of aliphatic carboxylic acids is 1. The minimum Gasteiger partial charge on any atom is -0.481 e. The second-order valence-corrected chi connectivity index (χ2v) is 11.0. The number of hydrogen-bond donors (Lipinski definition) is 2. The maximum absolute atomic E-state index is 12.7. The molecule has 4 rings (SSSR count). The van der Waals surface area contributed by atoms with E-state index < -0.39 is 16.0 Å². The van der Waals surface area contributed by atoms with Gasteiger partial charge in [-0.3, -0.25) is 19.0 Å². The Morgan fingerprint density at radius 3 is 2.38 bits per heavy atom. The zero-order valence-electron chi connectivity index (χ0n) is 21.2. The second-order valence-electron chi connectivity index (χ2n) is 8.78. The van der Waals surface area contributed by atoms with Crippen molar-refractivity contribution >= 4 is 33.7 Å². The van der Waals surface area contributed by atoms with E-state index in [0.29, 0.717) is 41.2 Å². The second kappa shape index (κ2) is 13.2. The number of amides is 1. The Balaban J connectivity index is 1.46. The SMILES string of the molecule is O=C(O)Cc1ccc(Oc2ccc(C(=O)N(Cl)CCc3ccccc3)cc2)c(CNS(=O)(=O)c2cccnc2)c1. The van der Waals surface area contributed by atoms with Crippen LogP contribution in [-0.4, -0.2) is 41.3 Å². The Bertz CT molecular complexity index is 1570. The third-order valence-electron chi connectivity index (χ3n) is 5.87. The van der Waals surface area contributed by atoms with Gasteiger partial charge in [0.2, 0.25) is 10.0 Å². The van der Waals surface area contributed by atoms with Gasteiger partial charge in [-0.15, -0.1) is 0 Å². The van der Waals surface area contributed by atoms with Gasteiger partial charge in [0, 0.05) is 48.4 Å². The Morgan fingerprint density at radius 1 is 0.950 bits per heavy atom. The third-order valence-corrected chi connectivity index (χ3v) is 7.58. The molecule has 9 nitrogen and oxygen atoms in total. The number of carboxylic acids is 1. The molecule has 1 amide bonds. The van der Waals surface area contributed by atoms with E-state index in [9.17, 15) is 23.1 Å². The molecule has 0 fully saturated rings. The van der Waals surface area contributed by atoms with Crippen LogP contribution in [0.5, 0.6) is 11.5 Å². The Kier molecular flexibility index (Phi) is 9.49. The number of sulfonamides is 1. The molecule has 0 bridgehead atoms. The molecule has 0 atom stereocenters. The molecular formula is C29H26ClN3O6S. The number of halogens is 1. The fourth-order valence-corrected chi connectivity index (χ4v) is 4.97. The molecule has 11 heteroatoms. The number of carbonyl (C=O) groups is 2. The number of carboxylic acid groups (broad SMARTS) is 1. The van der Waals surface area contributed by atoms with Crippen molar-refractivity contribution in [2.75, 3.05) is 6.54 Å². The van der Waals surface area contributed by atoms with Crippen molar-refractivity contribution in [3.8, 4) is 11.5 Å². The van der Waals surface area contributed by atoms with E-state index in [1.807, 2.05) is 30.3 Å². The molecule has 0 saturated heterocycles. The monoisotopic (exact) mass is 579 g/mol. The van der Waals surface area contributed by atoms with Gasteiger partial charge >= 0.3 is 5.97 Å². The number of carbonyl (C=O) groups excluding carboxylic acids is 1. The average molecular weight is 580 g/mol. The number of nitrogens with one attached hydrogen (secondary N) is 1. The van der Waals surface area contributed by atoms with Gasteiger partial charge < -0.3 is 9.84 Å². The lowest BCUT2D eigenvalue weighted by Gasteiger charge is -2.15. The average Bonchev–Trinajstić information content (AvgIpc) is 2.96. The summed E-state index contributed by atoms with van der Waals surface area (Å²) in [6.07, 6.45) is 3.07. The molecule has 2 N–H and O–H groups in total. The number of hydrogen-bond acceptors (Lipinski definition) is 6. The predicted octanol–water partition coefficient (Wildman–Crippen LogP) is 4.82. The topological polar surface area (TPSA) is 126 Å². The molecule has 0 aliphatic rings. The summed E-state index contributed by atoms with van der Waals surface area (Å²) in [6.45, 7) is 0.183. The van der Waals surface area contributed by atoms with Crippen LogP contribution < -0.4 is 9.46 Å². The van der Waals surface area contributed by atoms with Crippen molar-refractivity contribution in [1.29, 1.82) is 0 Å². The summed E-state index contributed by atoms with van der Waals surface area (Å²) in [5, 5.41) is 9.18. The zero-order valence-corrected chi connectivity index (χ0v) is 22.8. The van der Waals surface area contributed by atoms with Crippen LogP contribution in [0.3, 0.4) is 0 Å². The molecule has 1 aromatic heterocycles. The summed E-state index contributed by atoms with van der Waals surface area (Å²) in [6, 6.07) is 23.7. The van der Waals surface area contributed by atoms with Crippen molar-refractivity contribution in [3.05, 3.63) is 120 Å².